The molecule has 1 aliphatic rings. The maximum Gasteiger partial charge on any atom is 0.128 e. The Morgan fingerprint density at radius 3 is 3.40 bits per heavy atom. The van der Waals surface area contributed by atoms with Crippen LogP contribution < -0.4 is 5.32 Å². The predicted octanol–water partition coefficient (Wildman–Crippen LogP) is 0.778. The molecule has 2 rings (SSSR count). The Kier molecular flexibility index (Phi) is 1.16. The summed E-state index contributed by atoms with van der Waals surface area (Å²) in [6.07, 6.45) is 4.20. The summed E-state index contributed by atoms with van der Waals surface area (Å²) in [5.41, 5.74) is 1.22. The highest BCUT2D eigenvalue weighted by molar-refractivity contribution is 5.43. The number of aryl methyl sites for hydroxylation is 2. The summed E-state index contributed by atoms with van der Waals surface area (Å²) in [7, 11) is 2.02. The molecular weight excluding hydrogens is 126 g/mol. The minimum absolute atomic E-state index is 1.09. The highest BCUT2D eigenvalue weighted by Gasteiger charge is 2.11. The number of aromatic nitrogens is 2. The standard InChI is InChI=1S/C7H11N3/c1-10-5-9-6-3-2-4-8-7(6)10/h5,8H,2-4H2,1H3. The van der Waals surface area contributed by atoms with Crippen LogP contribution in [0.4, 0.5) is 5.82 Å². The van der Waals surface area contributed by atoms with E-state index in [1.165, 1.54) is 17.9 Å². The summed E-state index contributed by atoms with van der Waals surface area (Å²) < 4.78 is 2.04. The van der Waals surface area contributed by atoms with Crippen LogP contribution in [0.1, 0.15) is 12.1 Å². The second-order valence-electron chi connectivity index (χ2n) is 2.68. The van der Waals surface area contributed by atoms with E-state index in [4.69, 9.17) is 0 Å². The number of nitrogens with zero attached hydrogens (tertiary/aromatic N) is 2. The van der Waals surface area contributed by atoms with Crippen molar-refractivity contribution in [1.29, 1.82) is 0 Å². The van der Waals surface area contributed by atoms with Crippen molar-refractivity contribution in [1.82, 2.24) is 9.55 Å². The van der Waals surface area contributed by atoms with Crippen LogP contribution in [-0.2, 0) is 13.5 Å². The number of imidazole rings is 1. The van der Waals surface area contributed by atoms with Crippen molar-refractivity contribution in [2.45, 2.75) is 12.8 Å². The molecule has 3 heteroatoms. The number of fused-ring (bicyclic) bond motifs is 1. The number of anilines is 1. The zero-order valence-electron chi connectivity index (χ0n) is 6.09. The molecule has 0 amide bonds. The van der Waals surface area contributed by atoms with E-state index in [0.29, 0.717) is 0 Å². The lowest BCUT2D eigenvalue weighted by molar-refractivity contribution is 0.793. The first-order valence-corrected chi connectivity index (χ1v) is 3.62. The van der Waals surface area contributed by atoms with Gasteiger partial charge in [0.15, 0.2) is 0 Å². The molecule has 0 saturated carbocycles. The molecule has 1 aromatic heterocycles. The van der Waals surface area contributed by atoms with Crippen LogP contribution in [0.2, 0.25) is 0 Å². The molecule has 3 nitrogen and oxygen atoms in total. The van der Waals surface area contributed by atoms with Crippen LogP contribution in [0.5, 0.6) is 0 Å². The van der Waals surface area contributed by atoms with Gasteiger partial charge in [-0.05, 0) is 12.8 Å². The second kappa shape index (κ2) is 2.01. The summed E-state index contributed by atoms with van der Waals surface area (Å²) in [5.74, 6) is 1.20. The van der Waals surface area contributed by atoms with E-state index >= 15 is 0 Å². The predicted molar refractivity (Wildman–Crippen MR) is 40.0 cm³/mol. The van der Waals surface area contributed by atoms with Crippen molar-refractivity contribution in [3.63, 3.8) is 0 Å². The maximum absolute atomic E-state index is 4.26. The van der Waals surface area contributed by atoms with E-state index < -0.39 is 0 Å². The zero-order chi connectivity index (χ0) is 6.97. The SMILES string of the molecule is Cn1cnc2c1NCCC2. The minimum Gasteiger partial charge on any atom is -0.370 e. The van der Waals surface area contributed by atoms with Crippen molar-refractivity contribution in [3.8, 4) is 0 Å². The van der Waals surface area contributed by atoms with E-state index in [1.807, 2.05) is 17.9 Å². The van der Waals surface area contributed by atoms with E-state index in [9.17, 15) is 0 Å². The molecule has 0 fully saturated rings. The molecule has 0 aliphatic carbocycles. The lowest BCUT2D eigenvalue weighted by Gasteiger charge is -2.13. The van der Waals surface area contributed by atoms with Gasteiger partial charge in [-0.25, -0.2) is 4.98 Å². The topological polar surface area (TPSA) is 29.9 Å². The summed E-state index contributed by atoms with van der Waals surface area (Å²) in [4.78, 5) is 4.26. The van der Waals surface area contributed by atoms with Crippen LogP contribution in [-0.4, -0.2) is 16.1 Å². The number of hydrogen-bond donors (Lipinski definition) is 1. The summed E-state index contributed by atoms with van der Waals surface area (Å²) in [5, 5.41) is 3.31. The van der Waals surface area contributed by atoms with Gasteiger partial charge in [0.05, 0.1) is 12.0 Å². The normalized spacial score (nSPS) is 16.1. The fraction of sp³-hybridized carbons (Fsp3) is 0.571. The Morgan fingerprint density at radius 2 is 2.60 bits per heavy atom. The van der Waals surface area contributed by atoms with Crippen molar-refractivity contribution in [2.24, 2.45) is 7.05 Å². The average Bonchev–Trinajstić information content (AvgIpc) is 2.34. The van der Waals surface area contributed by atoms with Gasteiger partial charge in [0.2, 0.25) is 0 Å². The Morgan fingerprint density at radius 1 is 1.70 bits per heavy atom. The highest BCUT2D eigenvalue weighted by atomic mass is 15.2. The number of hydrogen-bond acceptors (Lipinski definition) is 2. The quantitative estimate of drug-likeness (QED) is 0.572. The fourth-order valence-electron chi connectivity index (χ4n) is 1.35. The van der Waals surface area contributed by atoms with Crippen LogP contribution in [0.25, 0.3) is 0 Å². The van der Waals surface area contributed by atoms with Gasteiger partial charge in [-0.2, -0.15) is 0 Å². The van der Waals surface area contributed by atoms with Gasteiger partial charge < -0.3 is 9.88 Å². The van der Waals surface area contributed by atoms with Gasteiger partial charge >= 0.3 is 0 Å². The third-order valence-corrected chi connectivity index (χ3v) is 1.90. The smallest absolute Gasteiger partial charge is 0.128 e. The molecule has 1 aliphatic heterocycles. The third-order valence-electron chi connectivity index (χ3n) is 1.90. The Hall–Kier alpha value is -0.990. The fourth-order valence-corrected chi connectivity index (χ4v) is 1.35. The van der Waals surface area contributed by atoms with E-state index in [2.05, 4.69) is 10.3 Å². The van der Waals surface area contributed by atoms with Crippen molar-refractivity contribution in [3.05, 3.63) is 12.0 Å². The lowest BCUT2D eigenvalue weighted by Crippen LogP contribution is -2.13. The Balaban J connectivity index is 2.45. The van der Waals surface area contributed by atoms with Gasteiger partial charge in [0.1, 0.15) is 5.82 Å². The maximum atomic E-state index is 4.26. The first-order valence-electron chi connectivity index (χ1n) is 3.62. The molecule has 0 aromatic carbocycles. The summed E-state index contributed by atoms with van der Waals surface area (Å²) in [6.45, 7) is 1.09. The number of nitrogens with one attached hydrogen (secondary N) is 1. The van der Waals surface area contributed by atoms with Crippen molar-refractivity contribution in [2.75, 3.05) is 11.9 Å². The zero-order valence-corrected chi connectivity index (χ0v) is 6.09. The average molecular weight is 137 g/mol. The van der Waals surface area contributed by atoms with Gasteiger partial charge in [-0.15, -0.1) is 0 Å². The lowest BCUT2D eigenvalue weighted by atomic mass is 10.2. The van der Waals surface area contributed by atoms with Gasteiger partial charge in [0.25, 0.3) is 0 Å². The Bertz CT molecular complexity index is 239. The first kappa shape index (κ1) is 5.77. The monoisotopic (exact) mass is 137 g/mol. The molecule has 0 atom stereocenters. The van der Waals surface area contributed by atoms with Crippen LogP contribution in [0.15, 0.2) is 6.33 Å². The molecule has 0 spiro atoms. The molecule has 0 bridgehead atoms. The molecule has 10 heavy (non-hydrogen) atoms. The van der Waals surface area contributed by atoms with Crippen LogP contribution in [0.3, 0.4) is 0 Å². The Labute approximate surface area is 60.1 Å². The molecule has 1 N–H and O–H groups in total. The van der Waals surface area contributed by atoms with E-state index in [0.717, 1.165) is 13.0 Å². The number of rotatable bonds is 0. The second-order valence-corrected chi connectivity index (χ2v) is 2.68. The molecular formula is C7H11N3. The third kappa shape index (κ3) is 0.701. The molecule has 1 aromatic rings. The largest absolute Gasteiger partial charge is 0.370 e. The molecule has 2 heterocycles. The minimum atomic E-state index is 1.09. The molecule has 0 saturated heterocycles. The van der Waals surface area contributed by atoms with Gasteiger partial charge in [-0.3, -0.25) is 0 Å². The van der Waals surface area contributed by atoms with E-state index in [-0.39, 0.29) is 0 Å². The molecule has 0 radical (unpaired) electrons. The van der Waals surface area contributed by atoms with Crippen molar-refractivity contribution >= 4 is 5.82 Å². The van der Waals surface area contributed by atoms with Crippen LogP contribution >= 0.6 is 0 Å². The first-order chi connectivity index (χ1) is 4.88. The van der Waals surface area contributed by atoms with Crippen LogP contribution in [0, 0.1) is 0 Å². The summed E-state index contributed by atoms with van der Waals surface area (Å²) >= 11 is 0. The van der Waals surface area contributed by atoms with Gasteiger partial charge in [0, 0.05) is 13.6 Å². The van der Waals surface area contributed by atoms with Crippen molar-refractivity contribution < 1.29 is 0 Å². The van der Waals surface area contributed by atoms with Gasteiger partial charge in [-0.1, -0.05) is 0 Å². The molecule has 0 unspecified atom stereocenters. The highest BCUT2D eigenvalue weighted by Crippen LogP contribution is 2.18. The van der Waals surface area contributed by atoms with E-state index in [1.54, 1.807) is 0 Å². The molecule has 54 valence electrons. The summed E-state index contributed by atoms with van der Waals surface area (Å²) in [6, 6.07) is 0.